The topological polar surface area (TPSA) is 52.6 Å². The number of hydrogen-bond acceptors (Lipinski definition) is 3. The Morgan fingerprint density at radius 2 is 1.67 bits per heavy atom. The SMILES string of the molecule is CCCCN(CCCC)c1ccc(CNCC(=O)O)cc1. The van der Waals surface area contributed by atoms with Crippen LogP contribution in [0.25, 0.3) is 0 Å². The van der Waals surface area contributed by atoms with Gasteiger partial charge in [-0.3, -0.25) is 4.79 Å². The predicted octanol–water partition coefficient (Wildman–Crippen LogP) is 3.27. The largest absolute Gasteiger partial charge is 0.480 e. The predicted molar refractivity (Wildman–Crippen MR) is 87.8 cm³/mol. The van der Waals surface area contributed by atoms with Crippen LogP contribution in [0.4, 0.5) is 5.69 Å². The highest BCUT2D eigenvalue weighted by atomic mass is 16.4. The van der Waals surface area contributed by atoms with Crippen molar-refractivity contribution in [2.24, 2.45) is 0 Å². The molecule has 0 saturated heterocycles. The molecule has 0 aromatic heterocycles. The summed E-state index contributed by atoms with van der Waals surface area (Å²) in [7, 11) is 0. The van der Waals surface area contributed by atoms with Gasteiger partial charge < -0.3 is 15.3 Å². The number of anilines is 1. The van der Waals surface area contributed by atoms with Gasteiger partial charge in [0.2, 0.25) is 0 Å². The highest BCUT2D eigenvalue weighted by Gasteiger charge is 2.05. The van der Waals surface area contributed by atoms with E-state index in [1.54, 1.807) is 0 Å². The van der Waals surface area contributed by atoms with Gasteiger partial charge in [-0.1, -0.05) is 38.8 Å². The molecule has 0 spiro atoms. The van der Waals surface area contributed by atoms with Crippen molar-refractivity contribution in [1.29, 1.82) is 0 Å². The van der Waals surface area contributed by atoms with E-state index < -0.39 is 5.97 Å². The molecule has 1 aromatic rings. The second kappa shape index (κ2) is 10.2. The third-order valence-electron chi connectivity index (χ3n) is 3.47. The summed E-state index contributed by atoms with van der Waals surface area (Å²) >= 11 is 0. The molecule has 0 aliphatic carbocycles. The third-order valence-corrected chi connectivity index (χ3v) is 3.47. The summed E-state index contributed by atoms with van der Waals surface area (Å²) in [5.74, 6) is -0.822. The number of carbonyl (C=O) groups is 1. The molecular weight excluding hydrogens is 264 g/mol. The molecule has 0 heterocycles. The van der Waals surface area contributed by atoms with Gasteiger partial charge in [0.05, 0.1) is 6.54 Å². The number of rotatable bonds is 11. The molecule has 1 aromatic carbocycles. The summed E-state index contributed by atoms with van der Waals surface area (Å²) in [6.07, 6.45) is 4.84. The van der Waals surface area contributed by atoms with E-state index in [-0.39, 0.29) is 6.54 Å². The molecule has 0 fully saturated rings. The Kier molecular flexibility index (Phi) is 8.51. The van der Waals surface area contributed by atoms with Crippen molar-refractivity contribution in [2.45, 2.75) is 46.1 Å². The van der Waals surface area contributed by atoms with Crippen LogP contribution in [-0.2, 0) is 11.3 Å². The van der Waals surface area contributed by atoms with Gasteiger partial charge in [-0.2, -0.15) is 0 Å². The normalized spacial score (nSPS) is 10.6. The summed E-state index contributed by atoms with van der Waals surface area (Å²) in [5.41, 5.74) is 2.38. The van der Waals surface area contributed by atoms with Crippen LogP contribution in [0.2, 0.25) is 0 Å². The van der Waals surface area contributed by atoms with Crippen molar-refractivity contribution in [3.8, 4) is 0 Å². The lowest BCUT2D eigenvalue weighted by atomic mass is 10.1. The summed E-state index contributed by atoms with van der Waals surface area (Å²) in [4.78, 5) is 12.9. The number of carboxylic acids is 1. The Morgan fingerprint density at radius 3 is 2.14 bits per heavy atom. The van der Waals surface area contributed by atoms with Gasteiger partial charge in [0.15, 0.2) is 0 Å². The molecule has 1 rings (SSSR count). The number of aliphatic carboxylic acids is 1. The van der Waals surface area contributed by atoms with Gasteiger partial charge in [0.1, 0.15) is 0 Å². The fraction of sp³-hybridized carbons (Fsp3) is 0.588. The molecule has 0 unspecified atom stereocenters. The number of nitrogens with one attached hydrogen (secondary N) is 1. The Hall–Kier alpha value is -1.55. The second-order valence-electron chi connectivity index (χ2n) is 5.36. The molecule has 21 heavy (non-hydrogen) atoms. The second-order valence-corrected chi connectivity index (χ2v) is 5.36. The summed E-state index contributed by atoms with van der Waals surface area (Å²) in [6, 6.07) is 8.44. The van der Waals surface area contributed by atoms with Crippen LogP contribution in [0.3, 0.4) is 0 Å². The standard InChI is InChI=1S/C17H28N2O2/c1-3-5-11-19(12-6-4-2)16-9-7-15(8-10-16)13-18-14-17(20)21/h7-10,18H,3-6,11-14H2,1-2H3,(H,20,21). The zero-order valence-corrected chi connectivity index (χ0v) is 13.3. The van der Waals surface area contributed by atoms with Gasteiger partial charge >= 0.3 is 5.97 Å². The van der Waals surface area contributed by atoms with Crippen molar-refractivity contribution >= 4 is 11.7 Å². The molecule has 0 radical (unpaired) electrons. The summed E-state index contributed by atoms with van der Waals surface area (Å²) in [5, 5.41) is 11.5. The van der Waals surface area contributed by atoms with E-state index in [2.05, 4.69) is 48.3 Å². The number of benzene rings is 1. The van der Waals surface area contributed by atoms with Crippen molar-refractivity contribution in [2.75, 3.05) is 24.5 Å². The monoisotopic (exact) mass is 292 g/mol. The summed E-state index contributed by atoms with van der Waals surface area (Å²) in [6.45, 7) is 7.24. The Morgan fingerprint density at radius 1 is 1.10 bits per heavy atom. The molecule has 0 bridgehead atoms. The molecule has 0 amide bonds. The molecule has 0 aliphatic rings. The fourth-order valence-corrected chi connectivity index (χ4v) is 2.21. The highest BCUT2D eigenvalue weighted by molar-refractivity contribution is 5.69. The van der Waals surface area contributed by atoms with E-state index >= 15 is 0 Å². The molecule has 0 atom stereocenters. The van der Waals surface area contributed by atoms with Crippen molar-refractivity contribution in [1.82, 2.24) is 5.32 Å². The lowest BCUT2D eigenvalue weighted by molar-refractivity contribution is -0.135. The average Bonchev–Trinajstić information content (AvgIpc) is 2.48. The number of carboxylic acid groups (broad SMARTS) is 1. The van der Waals surface area contributed by atoms with E-state index in [0.29, 0.717) is 6.54 Å². The zero-order valence-electron chi connectivity index (χ0n) is 13.3. The minimum Gasteiger partial charge on any atom is -0.480 e. The molecular formula is C17H28N2O2. The Bertz CT molecular complexity index is 396. The van der Waals surface area contributed by atoms with Crippen molar-refractivity contribution in [3.63, 3.8) is 0 Å². The quantitative estimate of drug-likeness (QED) is 0.657. The number of nitrogens with zero attached hydrogens (tertiary/aromatic N) is 1. The van der Waals surface area contributed by atoms with Crippen LogP contribution in [0, 0.1) is 0 Å². The van der Waals surface area contributed by atoms with Gasteiger partial charge in [0, 0.05) is 25.3 Å². The lowest BCUT2D eigenvalue weighted by Gasteiger charge is -2.25. The molecule has 4 heteroatoms. The van der Waals surface area contributed by atoms with Crippen molar-refractivity contribution in [3.05, 3.63) is 29.8 Å². The van der Waals surface area contributed by atoms with Crippen LogP contribution in [0.1, 0.15) is 45.1 Å². The first-order chi connectivity index (χ1) is 10.2. The smallest absolute Gasteiger partial charge is 0.317 e. The van der Waals surface area contributed by atoms with Gasteiger partial charge in [0.25, 0.3) is 0 Å². The number of unbranched alkanes of at least 4 members (excludes halogenated alkanes) is 2. The van der Waals surface area contributed by atoms with Crippen LogP contribution in [0.5, 0.6) is 0 Å². The van der Waals surface area contributed by atoms with Crippen molar-refractivity contribution < 1.29 is 9.90 Å². The first kappa shape index (κ1) is 17.5. The van der Waals surface area contributed by atoms with Gasteiger partial charge in [-0.15, -0.1) is 0 Å². The first-order valence-electron chi connectivity index (χ1n) is 7.93. The first-order valence-corrected chi connectivity index (χ1v) is 7.93. The molecule has 118 valence electrons. The zero-order chi connectivity index (χ0) is 15.5. The molecule has 0 saturated carbocycles. The minimum atomic E-state index is -0.822. The van der Waals surface area contributed by atoms with E-state index in [1.165, 1.54) is 31.4 Å². The lowest BCUT2D eigenvalue weighted by Crippen LogP contribution is -2.25. The Balaban J connectivity index is 2.56. The van der Waals surface area contributed by atoms with E-state index in [9.17, 15) is 4.79 Å². The molecule has 0 aliphatic heterocycles. The molecule has 4 nitrogen and oxygen atoms in total. The number of hydrogen-bond donors (Lipinski definition) is 2. The maximum Gasteiger partial charge on any atom is 0.317 e. The fourth-order valence-electron chi connectivity index (χ4n) is 2.21. The van der Waals surface area contributed by atoms with Gasteiger partial charge in [-0.25, -0.2) is 0 Å². The average molecular weight is 292 g/mol. The van der Waals surface area contributed by atoms with Crippen LogP contribution < -0.4 is 10.2 Å². The third kappa shape index (κ3) is 7.14. The minimum absolute atomic E-state index is 0.000869. The van der Waals surface area contributed by atoms with Crippen LogP contribution in [0.15, 0.2) is 24.3 Å². The van der Waals surface area contributed by atoms with Crippen LogP contribution >= 0.6 is 0 Å². The Labute approximate surface area is 128 Å². The highest BCUT2D eigenvalue weighted by Crippen LogP contribution is 2.17. The van der Waals surface area contributed by atoms with E-state index in [4.69, 9.17) is 5.11 Å². The maximum absolute atomic E-state index is 10.5. The van der Waals surface area contributed by atoms with Crippen LogP contribution in [-0.4, -0.2) is 30.7 Å². The van der Waals surface area contributed by atoms with Gasteiger partial charge in [-0.05, 0) is 30.5 Å². The molecule has 2 N–H and O–H groups in total. The maximum atomic E-state index is 10.5. The van der Waals surface area contributed by atoms with E-state index in [0.717, 1.165) is 18.7 Å². The van der Waals surface area contributed by atoms with E-state index in [1.807, 2.05) is 0 Å². The summed E-state index contributed by atoms with van der Waals surface area (Å²) < 4.78 is 0.